The highest BCUT2D eigenvalue weighted by atomic mass is 19.3. The molecule has 1 N–H and O–H groups in total. The average Bonchev–Trinajstić information content (AvgIpc) is 3.59. The zero-order valence-electron chi connectivity index (χ0n) is 29.2. The van der Waals surface area contributed by atoms with E-state index in [0.717, 1.165) is 79.4 Å². The van der Waals surface area contributed by atoms with Crippen LogP contribution in [-0.2, 0) is 14.3 Å². The second-order valence-corrected chi connectivity index (χ2v) is 14.3. The molecule has 3 aliphatic heterocycles. The molecule has 1 saturated carbocycles. The minimum Gasteiger partial charge on any atom is -0.494 e. The Morgan fingerprint density at radius 3 is 2.40 bits per heavy atom. The van der Waals surface area contributed by atoms with Gasteiger partial charge in [-0.2, -0.15) is 8.78 Å². The van der Waals surface area contributed by atoms with Gasteiger partial charge in [0.25, 0.3) is 11.8 Å². The molecule has 2 aromatic carbocycles. The zero-order valence-corrected chi connectivity index (χ0v) is 29.2. The van der Waals surface area contributed by atoms with Crippen molar-refractivity contribution in [3.63, 3.8) is 0 Å². The number of hydrogen-bond donors (Lipinski definition) is 1. The number of fused-ring (bicyclic) bond motifs is 4. The van der Waals surface area contributed by atoms with Gasteiger partial charge >= 0.3 is 6.55 Å². The highest BCUT2D eigenvalue weighted by Crippen LogP contribution is 2.37. The van der Waals surface area contributed by atoms with Crippen molar-refractivity contribution >= 4 is 45.4 Å². The van der Waals surface area contributed by atoms with Crippen LogP contribution in [-0.4, -0.2) is 93.6 Å². The third-order valence-corrected chi connectivity index (χ3v) is 10.8. The summed E-state index contributed by atoms with van der Waals surface area (Å²) >= 11 is 0. The lowest BCUT2D eigenvalue weighted by atomic mass is 9.91. The number of imide groups is 2. The molecule has 4 aliphatic rings. The SMILES string of the molecule is O=C1CCC(N2C(=O)c3ccc(OCCCCCN4CCC(OC5CC(Oc6ccc7c8cnccc8n(C(F)F)c7c6)C5)CC4)cc3C2=O)C(=O)N1. The summed E-state index contributed by atoms with van der Waals surface area (Å²) in [5.41, 5.74) is 1.33. The van der Waals surface area contributed by atoms with Crippen LogP contribution >= 0.6 is 0 Å². The molecule has 0 radical (unpaired) electrons. The first-order chi connectivity index (χ1) is 25.7. The number of benzene rings is 2. The van der Waals surface area contributed by atoms with Crippen molar-refractivity contribution in [1.82, 2.24) is 24.7 Å². The van der Waals surface area contributed by atoms with Gasteiger partial charge in [-0.05, 0) is 81.5 Å². The standard InChI is InChI=1S/C39H41F2N5O7/c40-39(41)45-32-10-13-42-22-31(32)28-6-5-25(21-34(28)45)53-27-18-26(19-27)52-23-11-15-44(16-12-23)14-2-1-3-17-51-24-4-7-29-30(20-24)38(50)46(37(29)49)33-8-9-35(47)43-36(33)48/h4-7,10,13,20-23,26-27,33,39H,1-3,8-9,11-12,14-19H2,(H,43,47,48). The number of ether oxygens (including phenoxy) is 3. The van der Waals surface area contributed by atoms with E-state index in [1.54, 1.807) is 36.5 Å². The van der Waals surface area contributed by atoms with Crippen LogP contribution < -0.4 is 14.8 Å². The Labute approximate surface area is 304 Å². The number of hydrogen-bond acceptors (Lipinski definition) is 9. The number of aromatic nitrogens is 2. The van der Waals surface area contributed by atoms with Gasteiger partial charge in [-0.1, -0.05) is 0 Å². The Morgan fingerprint density at radius 1 is 0.811 bits per heavy atom. The third-order valence-electron chi connectivity index (χ3n) is 10.8. The maximum absolute atomic E-state index is 13.9. The monoisotopic (exact) mass is 729 g/mol. The number of nitrogens with one attached hydrogen (secondary N) is 1. The second-order valence-electron chi connectivity index (χ2n) is 14.3. The molecule has 1 atom stereocenters. The average molecular weight is 730 g/mol. The lowest BCUT2D eigenvalue weighted by Crippen LogP contribution is -2.54. The van der Waals surface area contributed by atoms with E-state index in [1.807, 2.05) is 12.1 Å². The van der Waals surface area contributed by atoms with E-state index in [9.17, 15) is 28.0 Å². The summed E-state index contributed by atoms with van der Waals surface area (Å²) in [5.74, 6) is -1.05. The van der Waals surface area contributed by atoms with Gasteiger partial charge in [-0.25, -0.2) is 0 Å². The molecule has 278 valence electrons. The number of unbranched alkanes of at least 4 members (excludes halogenated alkanes) is 2. The Balaban J connectivity index is 0.713. The fraction of sp³-hybridized carbons (Fsp3) is 0.462. The molecule has 4 aromatic rings. The predicted octanol–water partition coefficient (Wildman–Crippen LogP) is 5.63. The van der Waals surface area contributed by atoms with E-state index in [1.165, 1.54) is 6.20 Å². The fourth-order valence-electron chi connectivity index (χ4n) is 7.96. The lowest BCUT2D eigenvalue weighted by molar-refractivity contribution is -0.136. The third kappa shape index (κ3) is 7.09. The highest BCUT2D eigenvalue weighted by molar-refractivity contribution is 6.23. The first-order valence-electron chi connectivity index (χ1n) is 18.4. The van der Waals surface area contributed by atoms with E-state index >= 15 is 0 Å². The molecule has 4 amide bonds. The molecular weight excluding hydrogens is 688 g/mol. The molecule has 1 aliphatic carbocycles. The largest absolute Gasteiger partial charge is 0.494 e. The van der Waals surface area contributed by atoms with Gasteiger partial charge in [0.15, 0.2) is 0 Å². The second kappa shape index (κ2) is 14.8. The molecule has 0 bridgehead atoms. The van der Waals surface area contributed by atoms with Crippen LogP contribution in [0.5, 0.6) is 11.5 Å². The maximum Gasteiger partial charge on any atom is 0.319 e. The minimum atomic E-state index is -2.67. The van der Waals surface area contributed by atoms with Crippen molar-refractivity contribution in [2.45, 2.75) is 88.7 Å². The molecule has 1 unspecified atom stereocenters. The van der Waals surface area contributed by atoms with Crippen molar-refractivity contribution < 1.29 is 42.2 Å². The van der Waals surface area contributed by atoms with Crippen LogP contribution in [0.2, 0.25) is 0 Å². The molecule has 2 aromatic heterocycles. The van der Waals surface area contributed by atoms with Gasteiger partial charge < -0.3 is 19.1 Å². The van der Waals surface area contributed by atoms with E-state index < -0.39 is 36.2 Å². The van der Waals surface area contributed by atoms with Gasteiger partial charge in [-0.15, -0.1) is 0 Å². The molecule has 8 rings (SSSR count). The molecular formula is C39H41F2N5O7. The van der Waals surface area contributed by atoms with Gasteiger partial charge in [0.1, 0.15) is 23.6 Å². The first-order valence-corrected chi connectivity index (χ1v) is 18.4. The number of rotatable bonds is 13. The number of pyridine rings is 1. The van der Waals surface area contributed by atoms with Crippen LogP contribution in [0.3, 0.4) is 0 Å². The molecule has 0 spiro atoms. The number of halogens is 2. The summed E-state index contributed by atoms with van der Waals surface area (Å²) in [6, 6.07) is 10.8. The van der Waals surface area contributed by atoms with E-state index in [0.29, 0.717) is 34.5 Å². The lowest BCUT2D eigenvalue weighted by Gasteiger charge is -2.40. The molecule has 2 saturated heterocycles. The molecule has 3 fully saturated rings. The first kappa shape index (κ1) is 35.1. The Bertz CT molecular complexity index is 2060. The molecule has 12 nitrogen and oxygen atoms in total. The normalized spacial score (nSPS) is 22.5. The summed E-state index contributed by atoms with van der Waals surface area (Å²) in [4.78, 5) is 57.3. The van der Waals surface area contributed by atoms with Gasteiger partial charge in [0, 0.05) is 61.6 Å². The van der Waals surface area contributed by atoms with Gasteiger partial charge in [-0.3, -0.25) is 38.9 Å². The van der Waals surface area contributed by atoms with Crippen molar-refractivity contribution in [3.05, 3.63) is 66.0 Å². The minimum absolute atomic E-state index is 0.00249. The highest BCUT2D eigenvalue weighted by Gasteiger charge is 2.44. The number of carbonyl (C=O) groups is 4. The van der Waals surface area contributed by atoms with Gasteiger partial charge in [0.2, 0.25) is 11.8 Å². The number of amides is 4. The van der Waals surface area contributed by atoms with Crippen molar-refractivity contribution in [3.8, 4) is 11.5 Å². The van der Waals surface area contributed by atoms with Crippen LogP contribution in [0, 0.1) is 0 Å². The van der Waals surface area contributed by atoms with E-state index in [-0.39, 0.29) is 42.3 Å². The van der Waals surface area contributed by atoms with Crippen molar-refractivity contribution in [2.75, 3.05) is 26.2 Å². The summed E-state index contributed by atoms with van der Waals surface area (Å²) in [5, 5.41) is 3.63. The summed E-state index contributed by atoms with van der Waals surface area (Å²) in [7, 11) is 0. The smallest absolute Gasteiger partial charge is 0.319 e. The maximum atomic E-state index is 13.9. The van der Waals surface area contributed by atoms with E-state index in [4.69, 9.17) is 14.2 Å². The van der Waals surface area contributed by atoms with Gasteiger partial charge in [0.05, 0.1) is 41.0 Å². The van der Waals surface area contributed by atoms with Crippen LogP contribution in [0.1, 0.15) is 85.1 Å². The fourth-order valence-corrected chi connectivity index (χ4v) is 7.96. The quantitative estimate of drug-likeness (QED) is 0.138. The Kier molecular flexibility index (Phi) is 9.81. The van der Waals surface area contributed by atoms with Crippen LogP contribution in [0.15, 0.2) is 54.9 Å². The summed E-state index contributed by atoms with van der Waals surface area (Å²) in [6.07, 6.45) is 10.1. The Morgan fingerprint density at radius 2 is 1.60 bits per heavy atom. The van der Waals surface area contributed by atoms with Crippen LogP contribution in [0.4, 0.5) is 8.78 Å². The van der Waals surface area contributed by atoms with Crippen molar-refractivity contribution in [2.24, 2.45) is 0 Å². The van der Waals surface area contributed by atoms with E-state index in [2.05, 4.69) is 15.2 Å². The number of carbonyl (C=O) groups excluding carboxylic acids is 4. The predicted molar refractivity (Wildman–Crippen MR) is 189 cm³/mol. The molecule has 53 heavy (non-hydrogen) atoms. The number of alkyl halides is 2. The number of nitrogens with zero attached hydrogens (tertiary/aromatic N) is 4. The topological polar surface area (TPSA) is 132 Å². The molecule has 14 heteroatoms. The summed E-state index contributed by atoms with van der Waals surface area (Å²) in [6.45, 7) is 0.783. The zero-order chi connectivity index (χ0) is 36.6. The summed E-state index contributed by atoms with van der Waals surface area (Å²) < 4.78 is 47.4. The van der Waals surface area contributed by atoms with Crippen LogP contribution in [0.25, 0.3) is 21.8 Å². The number of likely N-dealkylation sites (tertiary alicyclic amines) is 1. The molecule has 5 heterocycles. The van der Waals surface area contributed by atoms with Crippen molar-refractivity contribution in [1.29, 1.82) is 0 Å². The Hall–Kier alpha value is -4.95. The number of piperidine rings is 2.